The molecule has 8 aromatic rings. The van der Waals surface area contributed by atoms with Gasteiger partial charge in [-0.15, -0.1) is 0 Å². The number of unbranched alkanes of at least 4 members (excludes halogenated alkanes) is 1. The third kappa shape index (κ3) is 9.35. The Kier molecular flexibility index (Phi) is 11.8. The number of thioether (sulfide) groups is 1. The molecule has 2 heterocycles. The molecule has 0 aliphatic carbocycles. The molecule has 0 fully saturated rings. The van der Waals surface area contributed by atoms with Crippen LogP contribution in [0, 0.1) is 6.92 Å². The lowest BCUT2D eigenvalue weighted by Gasteiger charge is -2.21. The molecule has 0 spiro atoms. The Morgan fingerprint density at radius 1 is 0.678 bits per heavy atom. The van der Waals surface area contributed by atoms with Crippen LogP contribution < -0.4 is 9.47 Å². The summed E-state index contributed by atoms with van der Waals surface area (Å²) in [5.74, 6) is 0.671. The van der Waals surface area contributed by atoms with Gasteiger partial charge in [-0.05, 0) is 79.4 Å². The zero-order valence-electron chi connectivity index (χ0n) is 32.3. The molecule has 1 atom stereocenters. The molecular weight excluding hydrogens is 781 g/mol. The van der Waals surface area contributed by atoms with Gasteiger partial charge >= 0.3 is 5.97 Å². The van der Waals surface area contributed by atoms with E-state index in [-0.39, 0.29) is 17.3 Å². The Hall–Kier alpha value is -6.37. The molecule has 0 bridgehead atoms. The zero-order chi connectivity index (χ0) is 40.8. The van der Waals surface area contributed by atoms with Crippen LogP contribution in [0.3, 0.4) is 0 Å². The number of rotatable bonds is 17. The molecule has 12 heteroatoms. The summed E-state index contributed by atoms with van der Waals surface area (Å²) in [6.07, 6.45) is 0.596. The Morgan fingerprint density at radius 2 is 1.24 bits per heavy atom. The van der Waals surface area contributed by atoms with Gasteiger partial charge in [-0.2, -0.15) is 0 Å². The molecule has 298 valence electrons. The molecule has 59 heavy (non-hydrogen) atoms. The zero-order valence-corrected chi connectivity index (χ0v) is 34.0. The van der Waals surface area contributed by atoms with E-state index >= 15 is 0 Å². The van der Waals surface area contributed by atoms with E-state index in [1.165, 1.54) is 5.56 Å². The van der Waals surface area contributed by atoms with Crippen molar-refractivity contribution < 1.29 is 27.8 Å². The maximum Gasteiger partial charge on any atom is 0.303 e. The third-order valence-corrected chi connectivity index (χ3v) is 12.4. The number of hydrogen-bond donors (Lipinski definition) is 1. The Labute approximate surface area is 347 Å². The minimum Gasteiger partial charge on any atom is -0.481 e. The monoisotopic (exact) mass is 822 g/mol. The van der Waals surface area contributed by atoms with E-state index in [0.717, 1.165) is 33.2 Å². The number of carboxylic acid groups (broad SMARTS) is 1. The fourth-order valence-corrected chi connectivity index (χ4v) is 9.36. The van der Waals surface area contributed by atoms with Crippen molar-refractivity contribution in [2.45, 2.75) is 60.7 Å². The molecule has 0 saturated carbocycles. The number of imidazole rings is 2. The molecule has 10 nitrogen and oxygen atoms in total. The Morgan fingerprint density at radius 3 is 1.86 bits per heavy atom. The maximum absolute atomic E-state index is 14.0. The van der Waals surface area contributed by atoms with Gasteiger partial charge in [0.05, 0.1) is 27.8 Å². The number of para-hydroxylation sites is 1. The van der Waals surface area contributed by atoms with Crippen molar-refractivity contribution in [3.05, 3.63) is 168 Å². The first-order chi connectivity index (χ1) is 28.7. The van der Waals surface area contributed by atoms with Crippen molar-refractivity contribution in [2.75, 3.05) is 0 Å². The topological polar surface area (TPSA) is 126 Å². The summed E-state index contributed by atoms with van der Waals surface area (Å²) >= 11 is 1.66. The summed E-state index contributed by atoms with van der Waals surface area (Å²) in [4.78, 5) is 21.0. The highest BCUT2D eigenvalue weighted by atomic mass is 32.2. The summed E-state index contributed by atoms with van der Waals surface area (Å²) in [7, 11) is -3.89. The van der Waals surface area contributed by atoms with Crippen LogP contribution >= 0.6 is 11.8 Å². The highest BCUT2D eigenvalue weighted by Crippen LogP contribution is 2.34. The third-order valence-electron chi connectivity index (χ3n) is 9.80. The highest BCUT2D eigenvalue weighted by Gasteiger charge is 2.26. The van der Waals surface area contributed by atoms with E-state index in [2.05, 4.69) is 21.7 Å². The van der Waals surface area contributed by atoms with Crippen LogP contribution in [0.4, 0.5) is 0 Å². The second kappa shape index (κ2) is 17.6. The second-order valence-corrected chi connectivity index (χ2v) is 17.1. The number of aromatic nitrogens is 4. The fraction of sp³-hybridized carbons (Fsp3) is 0.170. The van der Waals surface area contributed by atoms with Crippen LogP contribution in [0.15, 0.2) is 162 Å². The van der Waals surface area contributed by atoms with Crippen LogP contribution in [-0.2, 0) is 26.1 Å². The standard InChI is InChI=1S/C47H42N4O6S2/c1-33-21-23-37(24-22-33)51-43-30-39(26-28-41(43)49-47(51)59(54,55)32-35-15-7-3-8-16-35)57-45(20-12-11-19-44(52)53)56-38-25-27-40-42(29-38)50(36-17-9-4-10-18-36)46(48-40)58-31-34-13-5-2-6-14-34/h2-10,13-18,21-30,45H,11-12,19-20,31-32H2,1H3,(H,52,53). The van der Waals surface area contributed by atoms with E-state index in [1.807, 2.05) is 116 Å². The Bertz CT molecular complexity index is 2810. The van der Waals surface area contributed by atoms with Gasteiger partial charge in [-0.1, -0.05) is 108 Å². The smallest absolute Gasteiger partial charge is 0.303 e. The first kappa shape index (κ1) is 39.5. The van der Waals surface area contributed by atoms with Gasteiger partial charge in [-0.25, -0.2) is 18.4 Å². The number of nitrogens with zero attached hydrogens (tertiary/aromatic N) is 4. The molecule has 0 aliphatic rings. The quantitative estimate of drug-likeness (QED) is 0.0543. The number of ether oxygens (including phenoxy) is 2. The van der Waals surface area contributed by atoms with Crippen LogP contribution in [0.2, 0.25) is 0 Å². The maximum atomic E-state index is 14.0. The lowest BCUT2D eigenvalue weighted by atomic mass is 10.2. The van der Waals surface area contributed by atoms with E-state index in [0.29, 0.717) is 53.0 Å². The number of carboxylic acids is 1. The second-order valence-electron chi connectivity index (χ2n) is 14.3. The van der Waals surface area contributed by atoms with Gasteiger partial charge in [0, 0.05) is 42.1 Å². The molecule has 6 aromatic carbocycles. The highest BCUT2D eigenvalue weighted by molar-refractivity contribution is 7.98. The van der Waals surface area contributed by atoms with E-state index in [1.54, 1.807) is 46.7 Å². The van der Waals surface area contributed by atoms with Gasteiger partial charge in [0.25, 0.3) is 0 Å². The summed E-state index contributed by atoms with van der Waals surface area (Å²) in [5.41, 5.74) is 7.22. The largest absolute Gasteiger partial charge is 0.481 e. The Balaban J connectivity index is 1.14. The summed E-state index contributed by atoms with van der Waals surface area (Å²) in [6, 6.07) is 48.1. The molecule has 1 N–H and O–H groups in total. The van der Waals surface area contributed by atoms with Gasteiger partial charge in [0.15, 0.2) is 5.16 Å². The molecule has 0 saturated heterocycles. The van der Waals surface area contributed by atoms with Crippen molar-refractivity contribution in [3.8, 4) is 22.9 Å². The first-order valence-electron chi connectivity index (χ1n) is 19.4. The van der Waals surface area contributed by atoms with E-state index in [4.69, 9.17) is 14.5 Å². The number of carbonyl (C=O) groups is 1. The summed E-state index contributed by atoms with van der Waals surface area (Å²) < 4.78 is 45.0. The number of sulfone groups is 1. The number of fused-ring (bicyclic) bond motifs is 2. The van der Waals surface area contributed by atoms with E-state index < -0.39 is 22.1 Å². The lowest BCUT2D eigenvalue weighted by Crippen LogP contribution is -2.24. The fourth-order valence-electron chi connectivity index (χ4n) is 6.90. The molecule has 0 amide bonds. The van der Waals surface area contributed by atoms with Crippen LogP contribution in [0.25, 0.3) is 33.4 Å². The lowest BCUT2D eigenvalue weighted by molar-refractivity contribution is -0.137. The van der Waals surface area contributed by atoms with Gasteiger partial charge in [-0.3, -0.25) is 13.9 Å². The molecule has 1 unspecified atom stereocenters. The summed E-state index contributed by atoms with van der Waals surface area (Å²) in [5, 5.41) is 10.1. The minimum atomic E-state index is -3.89. The van der Waals surface area contributed by atoms with Gasteiger partial charge in [0.2, 0.25) is 21.3 Å². The molecule has 8 rings (SSSR count). The first-order valence-corrected chi connectivity index (χ1v) is 22.0. The van der Waals surface area contributed by atoms with Gasteiger partial charge < -0.3 is 14.6 Å². The van der Waals surface area contributed by atoms with Crippen molar-refractivity contribution >= 4 is 49.6 Å². The average Bonchev–Trinajstić information content (AvgIpc) is 3.81. The van der Waals surface area contributed by atoms with Crippen molar-refractivity contribution in [1.82, 2.24) is 19.1 Å². The van der Waals surface area contributed by atoms with Crippen LogP contribution in [-0.4, -0.2) is 44.9 Å². The molecule has 0 radical (unpaired) electrons. The van der Waals surface area contributed by atoms with Gasteiger partial charge in [0.1, 0.15) is 11.5 Å². The number of hydrogen-bond acceptors (Lipinski definition) is 8. The minimum absolute atomic E-state index is 0.0281. The van der Waals surface area contributed by atoms with Crippen molar-refractivity contribution in [1.29, 1.82) is 0 Å². The molecule has 0 aliphatic heterocycles. The SMILES string of the molecule is Cc1ccc(-n2c(S(=O)(=O)Cc3ccccc3)nc3ccc(OC(CCCCC(=O)O)Oc4ccc5nc(SCc6ccccc6)n(-c6ccccc6)c5c4)cc32)cc1. The predicted octanol–water partition coefficient (Wildman–Crippen LogP) is 10.4. The predicted molar refractivity (Wildman–Crippen MR) is 231 cm³/mol. The molecular formula is C47H42N4O6S2. The molecule has 2 aromatic heterocycles. The average molecular weight is 823 g/mol. The number of aliphatic carboxylic acids is 1. The number of benzene rings is 6. The number of aryl methyl sites for hydroxylation is 1. The van der Waals surface area contributed by atoms with Crippen LogP contribution in [0.1, 0.15) is 42.4 Å². The van der Waals surface area contributed by atoms with Crippen molar-refractivity contribution in [3.63, 3.8) is 0 Å². The van der Waals surface area contributed by atoms with Crippen molar-refractivity contribution in [2.24, 2.45) is 0 Å². The van der Waals surface area contributed by atoms with E-state index in [9.17, 15) is 18.3 Å². The van der Waals surface area contributed by atoms with Crippen LogP contribution in [0.5, 0.6) is 11.5 Å². The summed E-state index contributed by atoms with van der Waals surface area (Å²) in [6.45, 7) is 1.97. The normalized spacial score (nSPS) is 12.2.